The number of nitriles is 1. The molecule has 7 nitrogen and oxygen atoms in total. The Morgan fingerprint density at radius 1 is 0.256 bits per heavy atom. The van der Waals surface area contributed by atoms with Crippen LogP contribution in [0.15, 0.2) is 297 Å². The Hall–Kier alpha value is -12.3. The minimum atomic E-state index is -0.740. The van der Waals surface area contributed by atoms with Gasteiger partial charge in [0.15, 0.2) is 0 Å². The van der Waals surface area contributed by atoms with E-state index in [-0.39, 0.29) is 16.7 Å². The van der Waals surface area contributed by atoms with Crippen LogP contribution in [-0.2, 0) is 0 Å². The first-order chi connectivity index (χ1) is 44.4. The first kappa shape index (κ1) is 53.2. The number of rotatable bonds is 11. The maximum absolute atomic E-state index is 16.7. The summed E-state index contributed by atoms with van der Waals surface area (Å²) in [5, 5.41) is 15.5. The Labute approximate surface area is 517 Å². The molecule has 0 saturated heterocycles. The third kappa shape index (κ3) is 9.44. The molecule has 0 N–H and O–H groups in total. The van der Waals surface area contributed by atoms with E-state index < -0.39 is 11.6 Å². The molecule has 0 aliphatic carbocycles. The molecule has 422 valence electrons. The lowest BCUT2D eigenvalue weighted by molar-refractivity contribution is 0.589. The highest BCUT2D eigenvalue weighted by Gasteiger charge is 2.26. The van der Waals surface area contributed by atoms with Gasteiger partial charge in [0.2, 0.25) is 0 Å². The fraction of sp³-hybridized carbons (Fsp3) is 0. The van der Waals surface area contributed by atoms with Gasteiger partial charge in [0, 0.05) is 66.1 Å². The number of fused-ring (bicyclic) bond motifs is 6. The summed E-state index contributed by atoms with van der Waals surface area (Å²) < 4.78 is 37.5. The number of benzene rings is 10. The van der Waals surface area contributed by atoms with E-state index in [1.54, 1.807) is 12.1 Å². The number of halogens is 2. The smallest absolute Gasteiger partial charge is 0.133 e. The zero-order valence-corrected chi connectivity index (χ0v) is 48.2. The van der Waals surface area contributed by atoms with Crippen LogP contribution in [0.2, 0.25) is 0 Å². The van der Waals surface area contributed by atoms with Crippen molar-refractivity contribution in [3.05, 3.63) is 314 Å². The maximum Gasteiger partial charge on any atom is 0.133 e. The van der Waals surface area contributed by atoms with Crippen molar-refractivity contribution in [1.82, 2.24) is 29.1 Å². The lowest BCUT2D eigenvalue weighted by atomic mass is 9.99. The van der Waals surface area contributed by atoms with Gasteiger partial charge < -0.3 is 9.13 Å². The number of hydrogen-bond acceptors (Lipinski definition) is 5. The highest BCUT2D eigenvalue weighted by molar-refractivity contribution is 6.14. The van der Waals surface area contributed by atoms with Crippen LogP contribution >= 0.6 is 0 Å². The molecule has 9 heteroatoms. The number of nitrogens with zero attached hydrogens (tertiary/aromatic N) is 7. The topological polar surface area (TPSA) is 85.2 Å². The summed E-state index contributed by atoms with van der Waals surface area (Å²) in [4.78, 5) is 20.7. The predicted molar refractivity (Wildman–Crippen MR) is 360 cm³/mol. The van der Waals surface area contributed by atoms with E-state index in [0.717, 1.165) is 134 Å². The quantitative estimate of drug-likeness (QED) is 0.129. The maximum atomic E-state index is 16.7. The van der Waals surface area contributed by atoms with Crippen molar-refractivity contribution in [3.63, 3.8) is 0 Å². The lowest BCUT2D eigenvalue weighted by Crippen LogP contribution is -2.06. The van der Waals surface area contributed by atoms with Crippen LogP contribution in [0.3, 0.4) is 0 Å². The molecule has 0 spiro atoms. The molecule has 0 amide bonds. The standard InChI is InChI=1S/C81H49F2N7/c82-65-26-13-27-66(83)81(65)59-48-79(89-75-40-36-55(71-32-14-28-67(85-71)51-18-5-1-6-19-51)44-60(75)61-45-56(37-41-76(61)89)72-33-15-29-68(86-72)52-20-7-2-8-21-52)64(50-84)80(49-59)90-77-42-38-57(73-34-16-30-69(87-73)53-22-9-3-10-23-53)46-62(77)63-47-58(39-43-78(63)90)74-35-17-31-70(88-74)54-24-11-4-12-25-54/h1-49H. The van der Waals surface area contributed by atoms with Crippen LogP contribution in [0.4, 0.5) is 8.78 Å². The van der Waals surface area contributed by atoms with Gasteiger partial charge in [0.05, 0.1) is 84.6 Å². The summed E-state index contributed by atoms with van der Waals surface area (Å²) in [7, 11) is 0. The summed E-state index contributed by atoms with van der Waals surface area (Å²) in [6.45, 7) is 0. The Morgan fingerprint density at radius 2 is 0.511 bits per heavy atom. The Morgan fingerprint density at radius 3 is 0.778 bits per heavy atom. The molecular weight excluding hydrogens is 1110 g/mol. The summed E-state index contributed by atoms with van der Waals surface area (Å²) in [5.41, 5.74) is 18.2. The molecule has 90 heavy (non-hydrogen) atoms. The Kier molecular flexibility index (Phi) is 13.2. The Balaban J connectivity index is 0.956. The van der Waals surface area contributed by atoms with Gasteiger partial charge in [0.25, 0.3) is 0 Å². The minimum absolute atomic E-state index is 0.220. The van der Waals surface area contributed by atoms with Gasteiger partial charge in [-0.25, -0.2) is 28.7 Å². The van der Waals surface area contributed by atoms with Gasteiger partial charge >= 0.3 is 0 Å². The summed E-state index contributed by atoms with van der Waals surface area (Å²) in [5.74, 6) is -1.48. The molecular formula is C81H49F2N7. The van der Waals surface area contributed by atoms with E-state index >= 15 is 8.78 Å². The molecule has 0 unspecified atom stereocenters. The number of pyridine rings is 4. The second-order valence-electron chi connectivity index (χ2n) is 22.3. The summed E-state index contributed by atoms with van der Waals surface area (Å²) in [6, 6.07) is 99.7. The zero-order chi connectivity index (χ0) is 60.2. The van der Waals surface area contributed by atoms with Crippen LogP contribution in [0.5, 0.6) is 0 Å². The molecule has 6 heterocycles. The second-order valence-corrected chi connectivity index (χ2v) is 22.3. The average molecular weight is 1160 g/mol. The summed E-state index contributed by atoms with van der Waals surface area (Å²) >= 11 is 0. The third-order valence-electron chi connectivity index (χ3n) is 16.9. The zero-order valence-electron chi connectivity index (χ0n) is 48.2. The van der Waals surface area contributed by atoms with Gasteiger partial charge in [-0.1, -0.05) is 176 Å². The normalized spacial score (nSPS) is 11.4. The van der Waals surface area contributed by atoms with Gasteiger partial charge in [-0.2, -0.15) is 5.26 Å². The van der Waals surface area contributed by atoms with E-state index in [9.17, 15) is 5.26 Å². The van der Waals surface area contributed by atoms with Crippen LogP contribution in [0, 0.1) is 23.0 Å². The molecule has 0 aliphatic rings. The SMILES string of the molecule is N#Cc1c(-n2c3ccc(-c4cccc(-c5ccccc5)n4)cc3c3cc(-c4cccc(-c5ccccc5)n4)ccc32)cc(-c2c(F)cccc2F)cc1-n1c2ccc(-c3cccc(-c4ccccc4)n3)cc2c2cc(-c3cccc(-c4ccccc4)n3)ccc21. The van der Waals surface area contributed by atoms with Gasteiger partial charge in [-0.05, 0) is 127 Å². The molecule has 10 aromatic carbocycles. The molecule has 6 aromatic heterocycles. The fourth-order valence-corrected chi connectivity index (χ4v) is 12.7. The van der Waals surface area contributed by atoms with Crippen LogP contribution in [-0.4, -0.2) is 29.1 Å². The van der Waals surface area contributed by atoms with Crippen molar-refractivity contribution in [3.8, 4) is 119 Å². The molecule has 0 saturated carbocycles. The molecule has 0 atom stereocenters. The minimum Gasteiger partial charge on any atom is -0.308 e. The number of hydrogen-bond donors (Lipinski definition) is 0. The van der Waals surface area contributed by atoms with E-state index in [2.05, 4.69) is 112 Å². The lowest BCUT2D eigenvalue weighted by Gasteiger charge is -2.19. The van der Waals surface area contributed by atoms with Gasteiger partial charge in [0.1, 0.15) is 23.3 Å². The van der Waals surface area contributed by atoms with Crippen molar-refractivity contribution in [2.24, 2.45) is 0 Å². The molecule has 0 radical (unpaired) electrons. The highest BCUT2D eigenvalue weighted by atomic mass is 19.1. The van der Waals surface area contributed by atoms with E-state index in [4.69, 9.17) is 19.9 Å². The number of aromatic nitrogens is 6. The van der Waals surface area contributed by atoms with E-state index in [1.165, 1.54) is 18.2 Å². The molecule has 0 bridgehead atoms. The van der Waals surface area contributed by atoms with Crippen LogP contribution in [0.25, 0.3) is 156 Å². The monoisotopic (exact) mass is 1160 g/mol. The van der Waals surface area contributed by atoms with Crippen molar-refractivity contribution < 1.29 is 8.78 Å². The van der Waals surface area contributed by atoms with E-state index in [1.807, 2.05) is 170 Å². The third-order valence-corrected chi connectivity index (χ3v) is 16.9. The molecule has 0 fully saturated rings. The first-order valence-electron chi connectivity index (χ1n) is 29.7. The van der Waals surface area contributed by atoms with Crippen molar-refractivity contribution in [2.75, 3.05) is 0 Å². The first-order valence-corrected chi connectivity index (χ1v) is 29.7. The fourth-order valence-electron chi connectivity index (χ4n) is 12.7. The van der Waals surface area contributed by atoms with Crippen LogP contribution in [0.1, 0.15) is 5.56 Å². The van der Waals surface area contributed by atoms with Crippen LogP contribution < -0.4 is 0 Å². The Bertz CT molecular complexity index is 4910. The second kappa shape index (κ2) is 22.2. The predicted octanol–water partition coefficient (Wildman–Crippen LogP) is 20.6. The van der Waals surface area contributed by atoms with Gasteiger partial charge in [-0.3, -0.25) is 0 Å². The molecule has 16 rings (SSSR count). The largest absolute Gasteiger partial charge is 0.308 e. The average Bonchev–Trinajstić information content (AvgIpc) is 1.62. The van der Waals surface area contributed by atoms with Crippen molar-refractivity contribution in [2.45, 2.75) is 0 Å². The summed E-state index contributed by atoms with van der Waals surface area (Å²) in [6.07, 6.45) is 0. The molecule has 0 aliphatic heterocycles. The molecule has 16 aromatic rings. The van der Waals surface area contributed by atoms with Crippen molar-refractivity contribution >= 4 is 43.6 Å². The van der Waals surface area contributed by atoms with Gasteiger partial charge in [-0.15, -0.1) is 0 Å². The van der Waals surface area contributed by atoms with E-state index in [0.29, 0.717) is 11.4 Å². The highest BCUT2D eigenvalue weighted by Crippen LogP contribution is 2.44. The van der Waals surface area contributed by atoms with Crippen molar-refractivity contribution in [1.29, 1.82) is 5.26 Å².